The summed E-state index contributed by atoms with van der Waals surface area (Å²) < 4.78 is 0. The predicted octanol–water partition coefficient (Wildman–Crippen LogP) is 16.8. The van der Waals surface area contributed by atoms with Gasteiger partial charge >= 0.3 is 0 Å². The number of hydrogen-bond donors (Lipinski definition) is 0. The maximum Gasteiger partial charge on any atom is 0.0991 e. The smallest absolute Gasteiger partial charge is 0.0991 e. The topological polar surface area (TPSA) is 27.0 Å². The zero-order valence-electron chi connectivity index (χ0n) is 34.5. The second-order valence-electron chi connectivity index (χ2n) is 16.0. The lowest BCUT2D eigenvalue weighted by Crippen LogP contribution is -2.09. The second-order valence-corrected chi connectivity index (χ2v) is 16.0. The summed E-state index contributed by atoms with van der Waals surface area (Å²) in [6, 6.07) is 88.9. The van der Waals surface area contributed by atoms with E-state index in [-0.39, 0.29) is 0 Å². The third-order valence-electron chi connectivity index (χ3n) is 12.3. The Balaban J connectivity index is 0.892. The first-order valence-corrected chi connectivity index (χ1v) is 21.4. The number of hydrogen-bond acceptors (Lipinski definition) is 2. The van der Waals surface area contributed by atoms with E-state index in [1.165, 1.54) is 76.8 Å². The van der Waals surface area contributed by atoms with Crippen LogP contribution in [-0.2, 0) is 0 Å². The molecule has 0 aromatic heterocycles. The maximum atomic E-state index is 9.48. The fourth-order valence-electron chi connectivity index (χ4n) is 9.23. The predicted molar refractivity (Wildman–Crippen MR) is 266 cm³/mol. The molecule has 0 saturated heterocycles. The Morgan fingerprint density at radius 3 is 1.10 bits per heavy atom. The highest BCUT2D eigenvalue weighted by atomic mass is 15.1. The fourth-order valence-corrected chi connectivity index (χ4v) is 9.23. The second kappa shape index (κ2) is 16.2. The van der Waals surface area contributed by atoms with Crippen molar-refractivity contribution >= 4 is 49.4 Å². The molecule has 63 heavy (non-hydrogen) atoms. The lowest BCUT2D eigenvalue weighted by atomic mass is 9.84. The van der Waals surface area contributed by atoms with E-state index in [2.05, 4.69) is 223 Å². The van der Waals surface area contributed by atoms with Gasteiger partial charge < -0.3 is 4.90 Å². The number of rotatable bonds is 8. The zero-order chi connectivity index (χ0) is 42.1. The van der Waals surface area contributed by atoms with Crippen molar-refractivity contribution in [1.82, 2.24) is 0 Å². The summed E-state index contributed by atoms with van der Waals surface area (Å²) in [6.07, 6.45) is 0. The average Bonchev–Trinajstić information content (AvgIpc) is 3.36. The van der Waals surface area contributed by atoms with Crippen LogP contribution in [0.4, 0.5) is 17.1 Å². The van der Waals surface area contributed by atoms with Gasteiger partial charge in [-0.15, -0.1) is 0 Å². The largest absolute Gasteiger partial charge is 0.311 e. The summed E-state index contributed by atoms with van der Waals surface area (Å²) in [5.74, 6) is 0. The molecule has 0 amide bonds. The van der Waals surface area contributed by atoms with Crippen molar-refractivity contribution in [1.29, 1.82) is 5.26 Å². The van der Waals surface area contributed by atoms with Gasteiger partial charge in [0.05, 0.1) is 11.6 Å². The van der Waals surface area contributed by atoms with E-state index in [0.29, 0.717) is 5.56 Å². The molecule has 2 nitrogen and oxygen atoms in total. The van der Waals surface area contributed by atoms with E-state index in [0.717, 1.165) is 28.2 Å². The highest BCUT2D eigenvalue weighted by Gasteiger charge is 2.18. The Bertz CT molecular complexity index is 3390. The number of anilines is 3. The van der Waals surface area contributed by atoms with Crippen LogP contribution in [-0.4, -0.2) is 0 Å². The van der Waals surface area contributed by atoms with Crippen molar-refractivity contribution in [2.75, 3.05) is 4.90 Å². The number of nitriles is 1. The van der Waals surface area contributed by atoms with Crippen LogP contribution in [0.3, 0.4) is 0 Å². The standard InChI is InChI=1S/C61H40N2/c62-41-42-21-35-51(36-22-42)63(52-37-31-47(32-38-52)43-11-2-1-3-12-43)53-39-33-48(34-40-53)45-25-23-44(24-26-45)46-27-29-50(30-28-46)60-56-16-6-8-18-58(56)61(59-19-9-7-17-57(59)60)55-20-10-14-49-13-4-5-15-54(49)55/h1-40H. The van der Waals surface area contributed by atoms with Gasteiger partial charge in [0, 0.05) is 17.1 Å². The molecule has 294 valence electrons. The van der Waals surface area contributed by atoms with Gasteiger partial charge in [-0.1, -0.05) is 194 Å². The summed E-state index contributed by atoms with van der Waals surface area (Å²) in [6.45, 7) is 0. The van der Waals surface area contributed by atoms with Crippen LogP contribution in [0, 0.1) is 11.3 Å². The molecule has 0 bridgehead atoms. The van der Waals surface area contributed by atoms with Gasteiger partial charge in [-0.3, -0.25) is 0 Å². The van der Waals surface area contributed by atoms with E-state index in [1.54, 1.807) is 0 Å². The first kappa shape index (κ1) is 37.5. The van der Waals surface area contributed by atoms with Gasteiger partial charge in [-0.25, -0.2) is 0 Å². The van der Waals surface area contributed by atoms with Crippen LogP contribution in [0.2, 0.25) is 0 Å². The highest BCUT2D eigenvalue weighted by molar-refractivity contribution is 6.23. The van der Waals surface area contributed by atoms with Gasteiger partial charge in [0.1, 0.15) is 0 Å². The molecule has 0 atom stereocenters. The van der Waals surface area contributed by atoms with Gasteiger partial charge in [-0.05, 0) is 136 Å². The highest BCUT2D eigenvalue weighted by Crippen LogP contribution is 2.45. The molecule has 0 fully saturated rings. The monoisotopic (exact) mass is 800 g/mol. The van der Waals surface area contributed by atoms with Crippen molar-refractivity contribution in [3.05, 3.63) is 248 Å². The molecule has 0 aliphatic heterocycles. The number of benzene rings is 11. The van der Waals surface area contributed by atoms with Gasteiger partial charge in [0.2, 0.25) is 0 Å². The first-order valence-electron chi connectivity index (χ1n) is 21.4. The third kappa shape index (κ3) is 6.98. The van der Waals surface area contributed by atoms with Crippen molar-refractivity contribution in [2.24, 2.45) is 0 Å². The van der Waals surface area contributed by atoms with Crippen LogP contribution in [0.25, 0.3) is 88.0 Å². The van der Waals surface area contributed by atoms with Crippen molar-refractivity contribution in [3.63, 3.8) is 0 Å². The van der Waals surface area contributed by atoms with E-state index in [1.807, 2.05) is 30.3 Å². The lowest BCUT2D eigenvalue weighted by molar-refractivity contribution is 1.28. The van der Waals surface area contributed by atoms with Crippen LogP contribution >= 0.6 is 0 Å². The number of nitrogens with zero attached hydrogens (tertiary/aromatic N) is 2. The fraction of sp³-hybridized carbons (Fsp3) is 0. The molecule has 11 aromatic carbocycles. The molecular weight excluding hydrogens is 761 g/mol. The Kier molecular flexibility index (Phi) is 9.62. The first-order chi connectivity index (χ1) is 31.2. The van der Waals surface area contributed by atoms with Crippen LogP contribution < -0.4 is 4.90 Å². The summed E-state index contributed by atoms with van der Waals surface area (Å²) >= 11 is 0. The summed E-state index contributed by atoms with van der Waals surface area (Å²) in [7, 11) is 0. The minimum absolute atomic E-state index is 0.637. The summed E-state index contributed by atoms with van der Waals surface area (Å²) in [4.78, 5) is 2.23. The average molecular weight is 801 g/mol. The molecule has 11 aromatic rings. The molecular formula is C61H40N2. The Morgan fingerprint density at radius 1 is 0.270 bits per heavy atom. The SMILES string of the molecule is N#Cc1ccc(N(c2ccc(-c3ccccc3)cc2)c2ccc(-c3ccc(-c4ccc(-c5c6ccccc6c(-c6cccc7ccccc67)c6ccccc56)cc4)cc3)cc2)cc1. The molecule has 0 saturated carbocycles. The Morgan fingerprint density at radius 2 is 0.619 bits per heavy atom. The molecule has 0 spiro atoms. The molecule has 0 radical (unpaired) electrons. The normalized spacial score (nSPS) is 11.2. The van der Waals surface area contributed by atoms with Crippen molar-refractivity contribution < 1.29 is 0 Å². The molecule has 0 N–H and O–H groups in total. The minimum Gasteiger partial charge on any atom is -0.311 e. The number of fused-ring (bicyclic) bond motifs is 3. The van der Waals surface area contributed by atoms with Gasteiger partial charge in [-0.2, -0.15) is 5.26 Å². The van der Waals surface area contributed by atoms with E-state index in [9.17, 15) is 5.26 Å². The minimum atomic E-state index is 0.637. The molecule has 2 heteroatoms. The van der Waals surface area contributed by atoms with Gasteiger partial charge in [0.25, 0.3) is 0 Å². The van der Waals surface area contributed by atoms with E-state index < -0.39 is 0 Å². The van der Waals surface area contributed by atoms with Crippen LogP contribution in [0.1, 0.15) is 5.56 Å². The summed E-state index contributed by atoms with van der Waals surface area (Å²) in [5, 5.41) is 17.0. The molecule has 0 aliphatic rings. The third-order valence-corrected chi connectivity index (χ3v) is 12.3. The Labute approximate surface area is 367 Å². The van der Waals surface area contributed by atoms with Gasteiger partial charge in [0.15, 0.2) is 0 Å². The van der Waals surface area contributed by atoms with E-state index in [4.69, 9.17) is 0 Å². The van der Waals surface area contributed by atoms with E-state index >= 15 is 0 Å². The quantitative estimate of drug-likeness (QED) is 0.143. The zero-order valence-corrected chi connectivity index (χ0v) is 34.5. The molecule has 0 aliphatic carbocycles. The molecule has 11 rings (SSSR count). The summed E-state index contributed by atoms with van der Waals surface area (Å²) in [5.41, 5.74) is 15.7. The Hall–Kier alpha value is -8.51. The molecule has 0 unspecified atom stereocenters. The van der Waals surface area contributed by atoms with Crippen molar-refractivity contribution in [2.45, 2.75) is 0 Å². The van der Waals surface area contributed by atoms with Crippen LogP contribution in [0.5, 0.6) is 0 Å². The lowest BCUT2D eigenvalue weighted by Gasteiger charge is -2.26. The maximum absolute atomic E-state index is 9.48. The molecule has 0 heterocycles. The van der Waals surface area contributed by atoms with Crippen LogP contribution in [0.15, 0.2) is 243 Å². The van der Waals surface area contributed by atoms with Crippen molar-refractivity contribution in [3.8, 4) is 61.7 Å².